The maximum Gasteiger partial charge on any atom is 0.319 e. The fraction of sp³-hybridized carbons (Fsp3) is 0.174. The first kappa shape index (κ1) is 19.5. The molecule has 0 amide bonds. The van der Waals surface area contributed by atoms with Crippen molar-refractivity contribution in [1.29, 1.82) is 0 Å². The minimum Gasteiger partial charge on any atom is -0.508 e. The van der Waals surface area contributed by atoms with Crippen molar-refractivity contribution in [2.45, 2.75) is 13.1 Å². The molecule has 144 valence electrons. The molecule has 0 unspecified atom stereocenters. The smallest absolute Gasteiger partial charge is 0.319 e. The summed E-state index contributed by atoms with van der Waals surface area (Å²) in [4.78, 5) is 13.8. The summed E-state index contributed by atoms with van der Waals surface area (Å²) in [6.45, 7) is 1.33. The molecule has 3 aromatic carbocycles. The highest BCUT2D eigenvalue weighted by Crippen LogP contribution is 2.22. The zero-order valence-corrected chi connectivity index (χ0v) is 15.7. The summed E-state index contributed by atoms with van der Waals surface area (Å²) in [5.41, 5.74) is 2.06. The Morgan fingerprint density at radius 3 is 1.93 bits per heavy atom. The Morgan fingerprint density at radius 2 is 1.36 bits per heavy atom. The monoisotopic (exact) mass is 377 g/mol. The molecule has 0 saturated heterocycles. The molecule has 0 heterocycles. The summed E-state index contributed by atoms with van der Waals surface area (Å²) >= 11 is 0. The number of ether oxygens (including phenoxy) is 2. The van der Waals surface area contributed by atoms with Gasteiger partial charge in [0, 0.05) is 13.1 Å². The quantitative estimate of drug-likeness (QED) is 0.591. The second-order valence-corrected chi connectivity index (χ2v) is 6.45. The average molecular weight is 377 g/mol. The predicted octanol–water partition coefficient (Wildman–Crippen LogP) is 4.36. The lowest BCUT2D eigenvalue weighted by Gasteiger charge is -2.21. The van der Waals surface area contributed by atoms with E-state index < -0.39 is 0 Å². The summed E-state index contributed by atoms with van der Waals surface area (Å²) < 4.78 is 10.6. The normalized spacial score (nSPS) is 10.6. The molecule has 0 aliphatic heterocycles. The number of methoxy groups -OCH3 is 1. The van der Waals surface area contributed by atoms with E-state index in [4.69, 9.17) is 9.47 Å². The average Bonchev–Trinajstić information content (AvgIpc) is 2.72. The zero-order valence-electron chi connectivity index (χ0n) is 15.7. The Balaban J connectivity index is 1.67. The third kappa shape index (κ3) is 5.86. The molecule has 0 atom stereocenters. The van der Waals surface area contributed by atoms with Gasteiger partial charge in [-0.2, -0.15) is 0 Å². The molecular weight excluding hydrogens is 354 g/mol. The molecule has 0 radical (unpaired) electrons. The highest BCUT2D eigenvalue weighted by atomic mass is 16.5. The lowest BCUT2D eigenvalue weighted by Crippen LogP contribution is -2.29. The maximum atomic E-state index is 11.8. The lowest BCUT2D eigenvalue weighted by atomic mass is 10.1. The first-order valence-electron chi connectivity index (χ1n) is 9.01. The van der Waals surface area contributed by atoms with Crippen molar-refractivity contribution in [1.82, 2.24) is 4.90 Å². The molecule has 3 aromatic rings. The van der Waals surface area contributed by atoms with Crippen LogP contribution in [0, 0.1) is 0 Å². The Labute approximate surface area is 164 Å². The second-order valence-electron chi connectivity index (χ2n) is 6.45. The minimum absolute atomic E-state index is 0.180. The number of esters is 1. The topological polar surface area (TPSA) is 59.0 Å². The molecule has 5 nitrogen and oxygen atoms in total. The summed E-state index contributed by atoms with van der Waals surface area (Å²) in [6.07, 6.45) is 0. The van der Waals surface area contributed by atoms with Crippen molar-refractivity contribution in [3.63, 3.8) is 0 Å². The van der Waals surface area contributed by atoms with E-state index in [0.29, 0.717) is 13.1 Å². The van der Waals surface area contributed by atoms with Gasteiger partial charge in [0.15, 0.2) is 0 Å². The van der Waals surface area contributed by atoms with Gasteiger partial charge in [0.1, 0.15) is 17.2 Å². The van der Waals surface area contributed by atoms with Crippen molar-refractivity contribution < 1.29 is 19.4 Å². The Kier molecular flexibility index (Phi) is 6.65. The van der Waals surface area contributed by atoms with Crippen molar-refractivity contribution in [2.75, 3.05) is 13.7 Å². The van der Waals surface area contributed by atoms with Gasteiger partial charge in [0.2, 0.25) is 0 Å². The summed E-state index contributed by atoms with van der Waals surface area (Å²) in [6, 6.07) is 24.4. The van der Waals surface area contributed by atoms with Crippen molar-refractivity contribution in [2.24, 2.45) is 0 Å². The number of hydrogen-bond acceptors (Lipinski definition) is 5. The van der Waals surface area contributed by atoms with Gasteiger partial charge >= 0.3 is 5.97 Å². The molecule has 5 heteroatoms. The highest BCUT2D eigenvalue weighted by molar-refractivity contribution is 5.71. The van der Waals surface area contributed by atoms with E-state index >= 15 is 0 Å². The van der Waals surface area contributed by atoms with Crippen LogP contribution < -0.4 is 4.74 Å². The van der Waals surface area contributed by atoms with Gasteiger partial charge in [0.05, 0.1) is 13.7 Å². The van der Waals surface area contributed by atoms with Crippen molar-refractivity contribution in [3.05, 3.63) is 90.0 Å². The van der Waals surface area contributed by atoms with Gasteiger partial charge in [-0.15, -0.1) is 0 Å². The minimum atomic E-state index is -0.289. The number of aromatic hydroxyl groups is 1. The molecule has 0 aliphatic carbocycles. The summed E-state index contributed by atoms with van der Waals surface area (Å²) in [7, 11) is 1.39. The Bertz CT molecular complexity index is 877. The van der Waals surface area contributed by atoms with Crippen LogP contribution in [0.1, 0.15) is 11.1 Å². The molecule has 3 rings (SSSR count). The fourth-order valence-corrected chi connectivity index (χ4v) is 2.82. The van der Waals surface area contributed by atoms with Gasteiger partial charge in [-0.25, -0.2) is 0 Å². The van der Waals surface area contributed by atoms with Crippen LogP contribution in [0.15, 0.2) is 78.9 Å². The van der Waals surface area contributed by atoms with Crippen LogP contribution in [0.2, 0.25) is 0 Å². The SMILES string of the molecule is COC(=O)CN(Cc1ccc(O)cc1)Cc1ccc(Oc2ccccc2)cc1. The predicted molar refractivity (Wildman–Crippen MR) is 107 cm³/mol. The molecule has 1 N–H and O–H groups in total. The molecule has 28 heavy (non-hydrogen) atoms. The number of benzene rings is 3. The fourth-order valence-electron chi connectivity index (χ4n) is 2.82. The van der Waals surface area contributed by atoms with E-state index in [0.717, 1.165) is 22.6 Å². The Hall–Kier alpha value is -3.31. The van der Waals surface area contributed by atoms with Crippen LogP contribution in [-0.2, 0) is 22.6 Å². The van der Waals surface area contributed by atoms with E-state index in [9.17, 15) is 9.90 Å². The first-order chi connectivity index (χ1) is 13.6. The van der Waals surface area contributed by atoms with Crippen LogP contribution in [0.3, 0.4) is 0 Å². The number of rotatable bonds is 8. The number of nitrogens with zero attached hydrogens (tertiary/aromatic N) is 1. The molecule has 0 aliphatic rings. The van der Waals surface area contributed by atoms with Gasteiger partial charge in [-0.05, 0) is 47.5 Å². The van der Waals surface area contributed by atoms with Crippen molar-refractivity contribution >= 4 is 5.97 Å². The van der Waals surface area contributed by atoms with Crippen LogP contribution in [0.4, 0.5) is 0 Å². The largest absolute Gasteiger partial charge is 0.508 e. The van der Waals surface area contributed by atoms with Crippen LogP contribution >= 0.6 is 0 Å². The molecule has 0 saturated carbocycles. The Morgan fingerprint density at radius 1 is 0.821 bits per heavy atom. The van der Waals surface area contributed by atoms with Gasteiger partial charge < -0.3 is 14.6 Å². The maximum absolute atomic E-state index is 11.8. The summed E-state index contributed by atoms with van der Waals surface area (Å²) in [5.74, 6) is 1.47. The summed E-state index contributed by atoms with van der Waals surface area (Å²) in [5, 5.41) is 9.44. The van der Waals surface area contributed by atoms with E-state index in [-0.39, 0.29) is 18.3 Å². The van der Waals surface area contributed by atoms with E-state index in [1.807, 2.05) is 71.6 Å². The number of phenols is 1. The number of carbonyl (C=O) groups is 1. The van der Waals surface area contributed by atoms with Gasteiger partial charge in [0.25, 0.3) is 0 Å². The number of hydrogen-bond donors (Lipinski definition) is 1. The molecule has 0 fully saturated rings. The second kappa shape index (κ2) is 9.58. The highest BCUT2D eigenvalue weighted by Gasteiger charge is 2.13. The third-order valence-corrected chi connectivity index (χ3v) is 4.23. The lowest BCUT2D eigenvalue weighted by molar-refractivity contribution is -0.142. The molecule has 0 aromatic heterocycles. The molecular formula is C23H23NO4. The van der Waals surface area contributed by atoms with Crippen LogP contribution in [0.25, 0.3) is 0 Å². The van der Waals surface area contributed by atoms with Gasteiger partial charge in [-0.3, -0.25) is 9.69 Å². The van der Waals surface area contributed by atoms with E-state index in [1.54, 1.807) is 12.1 Å². The zero-order chi connectivity index (χ0) is 19.8. The number of para-hydroxylation sites is 1. The van der Waals surface area contributed by atoms with Crippen molar-refractivity contribution in [3.8, 4) is 17.2 Å². The van der Waals surface area contributed by atoms with Crippen LogP contribution in [-0.4, -0.2) is 29.6 Å². The number of phenolic OH excluding ortho intramolecular Hbond substituents is 1. The van der Waals surface area contributed by atoms with E-state index in [2.05, 4.69) is 0 Å². The van der Waals surface area contributed by atoms with E-state index in [1.165, 1.54) is 7.11 Å². The molecule has 0 spiro atoms. The number of carbonyl (C=O) groups excluding carboxylic acids is 1. The van der Waals surface area contributed by atoms with Crippen LogP contribution in [0.5, 0.6) is 17.2 Å². The van der Waals surface area contributed by atoms with Gasteiger partial charge in [-0.1, -0.05) is 42.5 Å². The molecule has 0 bridgehead atoms. The third-order valence-electron chi connectivity index (χ3n) is 4.23. The first-order valence-corrected chi connectivity index (χ1v) is 9.01. The standard InChI is InChI=1S/C23H23NO4/c1-27-23(26)17-24(15-18-7-11-20(25)12-8-18)16-19-9-13-22(14-10-19)28-21-5-3-2-4-6-21/h2-14,25H,15-17H2,1H3.